The molecule has 1 N–H and O–H groups in total. The predicted molar refractivity (Wildman–Crippen MR) is 88.5 cm³/mol. The standard InChI is InChI=1S/C17H17N5O4/c23-13-9-18-17(25)22(13)10-14(24)21-8-4-7-12(21)16-19-15(20-26-16)11-5-2-1-3-6-11/h1-3,5-6,12H,4,7-10H2,(H,18,25)/t12-/m1/s1. The van der Waals surface area contributed by atoms with Gasteiger partial charge in [0, 0.05) is 12.1 Å². The first-order chi connectivity index (χ1) is 12.6. The molecule has 0 radical (unpaired) electrons. The molecule has 1 atom stereocenters. The molecular weight excluding hydrogens is 338 g/mol. The van der Waals surface area contributed by atoms with Crippen LogP contribution in [0.15, 0.2) is 34.9 Å². The van der Waals surface area contributed by atoms with Crippen LogP contribution in [0.5, 0.6) is 0 Å². The van der Waals surface area contributed by atoms with Gasteiger partial charge in [-0.3, -0.25) is 14.5 Å². The second-order valence-corrected chi connectivity index (χ2v) is 6.21. The number of carbonyl (C=O) groups excluding carboxylic acids is 3. The zero-order valence-corrected chi connectivity index (χ0v) is 13.9. The molecule has 2 aliphatic heterocycles. The fourth-order valence-corrected chi connectivity index (χ4v) is 3.24. The first-order valence-corrected chi connectivity index (χ1v) is 8.40. The average molecular weight is 355 g/mol. The molecule has 26 heavy (non-hydrogen) atoms. The lowest BCUT2D eigenvalue weighted by Crippen LogP contribution is -2.42. The maximum Gasteiger partial charge on any atom is 0.325 e. The number of carbonyl (C=O) groups is 3. The molecule has 4 amide bonds. The van der Waals surface area contributed by atoms with Gasteiger partial charge in [0.25, 0.3) is 5.91 Å². The third kappa shape index (κ3) is 2.92. The van der Waals surface area contributed by atoms with E-state index in [-0.39, 0.29) is 25.0 Å². The number of aromatic nitrogens is 2. The molecule has 0 aliphatic carbocycles. The highest BCUT2D eigenvalue weighted by molar-refractivity contribution is 6.04. The summed E-state index contributed by atoms with van der Waals surface area (Å²) in [6, 6.07) is 8.55. The molecule has 2 aliphatic rings. The summed E-state index contributed by atoms with van der Waals surface area (Å²) in [4.78, 5) is 42.9. The minimum absolute atomic E-state index is 0.0698. The molecule has 1 aromatic heterocycles. The lowest BCUT2D eigenvalue weighted by Gasteiger charge is -2.23. The van der Waals surface area contributed by atoms with Crippen molar-refractivity contribution in [1.82, 2.24) is 25.3 Å². The van der Waals surface area contributed by atoms with E-state index in [0.717, 1.165) is 16.9 Å². The molecule has 2 aromatic rings. The number of amides is 4. The van der Waals surface area contributed by atoms with Crippen LogP contribution < -0.4 is 5.32 Å². The number of nitrogens with one attached hydrogen (secondary N) is 1. The van der Waals surface area contributed by atoms with Gasteiger partial charge in [0.1, 0.15) is 12.6 Å². The minimum Gasteiger partial charge on any atom is -0.337 e. The molecule has 4 rings (SSSR count). The van der Waals surface area contributed by atoms with Crippen LogP contribution in [0.4, 0.5) is 4.79 Å². The molecule has 2 fully saturated rings. The highest BCUT2D eigenvalue weighted by Gasteiger charge is 2.37. The first kappa shape index (κ1) is 16.2. The molecule has 0 unspecified atom stereocenters. The van der Waals surface area contributed by atoms with Crippen molar-refractivity contribution in [2.24, 2.45) is 0 Å². The summed E-state index contributed by atoms with van der Waals surface area (Å²) < 4.78 is 5.38. The first-order valence-electron chi connectivity index (χ1n) is 8.40. The smallest absolute Gasteiger partial charge is 0.325 e. The molecule has 0 bridgehead atoms. The van der Waals surface area contributed by atoms with E-state index >= 15 is 0 Å². The Morgan fingerprint density at radius 3 is 2.81 bits per heavy atom. The van der Waals surface area contributed by atoms with Crippen molar-refractivity contribution in [1.29, 1.82) is 0 Å². The molecular formula is C17H17N5O4. The Balaban J connectivity index is 1.50. The number of urea groups is 1. The normalized spacial score (nSPS) is 19.9. The number of likely N-dealkylation sites (tertiary alicyclic amines) is 1. The van der Waals surface area contributed by atoms with Gasteiger partial charge in [-0.2, -0.15) is 4.98 Å². The highest BCUT2D eigenvalue weighted by Crippen LogP contribution is 2.32. The summed E-state index contributed by atoms with van der Waals surface area (Å²) in [6.07, 6.45) is 1.49. The van der Waals surface area contributed by atoms with Gasteiger partial charge in [0.2, 0.25) is 17.6 Å². The van der Waals surface area contributed by atoms with E-state index in [9.17, 15) is 14.4 Å². The molecule has 3 heterocycles. The number of rotatable bonds is 4. The highest BCUT2D eigenvalue weighted by atomic mass is 16.5. The van der Waals surface area contributed by atoms with Crippen LogP contribution in [-0.4, -0.2) is 57.4 Å². The Morgan fingerprint density at radius 1 is 1.27 bits per heavy atom. The summed E-state index contributed by atoms with van der Waals surface area (Å²) in [6.45, 7) is 0.177. The maximum atomic E-state index is 12.6. The summed E-state index contributed by atoms with van der Waals surface area (Å²) in [5, 5.41) is 6.41. The third-order valence-electron chi connectivity index (χ3n) is 4.56. The fraction of sp³-hybridized carbons (Fsp3) is 0.353. The van der Waals surface area contributed by atoms with Crippen molar-refractivity contribution in [3.05, 3.63) is 36.2 Å². The van der Waals surface area contributed by atoms with Gasteiger partial charge in [-0.1, -0.05) is 35.5 Å². The predicted octanol–water partition coefficient (Wildman–Crippen LogP) is 0.952. The van der Waals surface area contributed by atoms with Crippen molar-refractivity contribution in [3.63, 3.8) is 0 Å². The summed E-state index contributed by atoms with van der Waals surface area (Å²) in [7, 11) is 0. The van der Waals surface area contributed by atoms with E-state index in [4.69, 9.17) is 4.52 Å². The second kappa shape index (κ2) is 6.58. The molecule has 0 spiro atoms. The Kier molecular flexibility index (Phi) is 4.11. The van der Waals surface area contributed by atoms with Crippen molar-refractivity contribution in [2.45, 2.75) is 18.9 Å². The van der Waals surface area contributed by atoms with Crippen molar-refractivity contribution in [2.75, 3.05) is 19.6 Å². The van der Waals surface area contributed by atoms with Crippen LogP contribution in [0.1, 0.15) is 24.8 Å². The number of hydrogen-bond acceptors (Lipinski definition) is 6. The van der Waals surface area contributed by atoms with Gasteiger partial charge in [-0.25, -0.2) is 4.79 Å². The molecule has 134 valence electrons. The molecule has 2 saturated heterocycles. The Morgan fingerprint density at radius 2 is 2.08 bits per heavy atom. The monoisotopic (exact) mass is 355 g/mol. The van der Waals surface area contributed by atoms with Gasteiger partial charge in [-0.15, -0.1) is 0 Å². The zero-order valence-electron chi connectivity index (χ0n) is 13.9. The van der Waals surface area contributed by atoms with Gasteiger partial charge in [0.15, 0.2) is 0 Å². The second-order valence-electron chi connectivity index (χ2n) is 6.21. The number of hydrogen-bond donors (Lipinski definition) is 1. The van der Waals surface area contributed by atoms with Gasteiger partial charge in [0.05, 0.1) is 6.54 Å². The van der Waals surface area contributed by atoms with Crippen molar-refractivity contribution >= 4 is 17.8 Å². The molecule has 9 heteroatoms. The van der Waals surface area contributed by atoms with Crippen molar-refractivity contribution < 1.29 is 18.9 Å². The van der Waals surface area contributed by atoms with Crippen LogP contribution in [0.2, 0.25) is 0 Å². The fourth-order valence-electron chi connectivity index (χ4n) is 3.24. The molecule has 1 aromatic carbocycles. The molecule has 0 saturated carbocycles. The maximum absolute atomic E-state index is 12.6. The zero-order chi connectivity index (χ0) is 18.1. The van der Waals surface area contributed by atoms with Crippen LogP contribution >= 0.6 is 0 Å². The largest absolute Gasteiger partial charge is 0.337 e. The van der Waals surface area contributed by atoms with E-state index in [2.05, 4.69) is 15.5 Å². The van der Waals surface area contributed by atoms with E-state index in [0.29, 0.717) is 24.7 Å². The van der Waals surface area contributed by atoms with E-state index in [1.54, 1.807) is 4.90 Å². The SMILES string of the molecule is O=C1CNC(=O)N1CC(=O)N1CCC[C@@H]1c1nc(-c2ccccc2)no1. The number of nitrogens with zero attached hydrogens (tertiary/aromatic N) is 4. The summed E-state index contributed by atoms with van der Waals surface area (Å²) >= 11 is 0. The van der Waals surface area contributed by atoms with Crippen LogP contribution in [0, 0.1) is 0 Å². The minimum atomic E-state index is -0.539. The lowest BCUT2D eigenvalue weighted by molar-refractivity contribution is -0.137. The Labute approximate surface area is 149 Å². The third-order valence-corrected chi connectivity index (χ3v) is 4.56. The van der Waals surface area contributed by atoms with Gasteiger partial charge >= 0.3 is 6.03 Å². The quantitative estimate of drug-likeness (QED) is 0.818. The van der Waals surface area contributed by atoms with E-state index < -0.39 is 11.9 Å². The molecule has 9 nitrogen and oxygen atoms in total. The van der Waals surface area contributed by atoms with Gasteiger partial charge < -0.3 is 14.7 Å². The Hall–Kier alpha value is -3.23. The topological polar surface area (TPSA) is 109 Å². The average Bonchev–Trinajstić information content (AvgIpc) is 3.38. The van der Waals surface area contributed by atoms with E-state index in [1.165, 1.54) is 0 Å². The number of benzene rings is 1. The van der Waals surface area contributed by atoms with Crippen molar-refractivity contribution in [3.8, 4) is 11.4 Å². The Bertz CT molecular complexity index is 834. The summed E-state index contributed by atoms with van der Waals surface area (Å²) in [5.41, 5.74) is 0.831. The summed E-state index contributed by atoms with van der Waals surface area (Å²) in [5.74, 6) is 0.126. The van der Waals surface area contributed by atoms with Crippen LogP contribution in [-0.2, 0) is 9.59 Å². The van der Waals surface area contributed by atoms with E-state index in [1.807, 2.05) is 30.3 Å². The van der Waals surface area contributed by atoms with Crippen LogP contribution in [0.3, 0.4) is 0 Å². The lowest BCUT2D eigenvalue weighted by atomic mass is 10.2. The van der Waals surface area contributed by atoms with Crippen LogP contribution in [0.25, 0.3) is 11.4 Å². The number of imide groups is 1. The van der Waals surface area contributed by atoms with Gasteiger partial charge in [-0.05, 0) is 12.8 Å².